The molecule has 3 aliphatic heterocycles. The summed E-state index contributed by atoms with van der Waals surface area (Å²) >= 11 is 0. The fraction of sp³-hybridized carbons (Fsp3) is 0.414. The van der Waals surface area contributed by atoms with Gasteiger partial charge in [0.2, 0.25) is 5.91 Å². The normalized spacial score (nSPS) is 28.7. The Morgan fingerprint density at radius 3 is 2.62 bits per heavy atom. The summed E-state index contributed by atoms with van der Waals surface area (Å²) in [5, 5.41) is 20.6. The van der Waals surface area contributed by atoms with Crippen LogP contribution in [0.3, 0.4) is 0 Å². The minimum atomic E-state index is -1.28. The number of carbonyl (C=O) groups excluding carboxylic acids is 2. The Hall–Kier alpha value is -3.49. The van der Waals surface area contributed by atoms with Crippen LogP contribution in [0.5, 0.6) is 0 Å². The van der Waals surface area contributed by atoms with Gasteiger partial charge in [-0.1, -0.05) is 48.5 Å². The number of hydrogen-bond donors (Lipinski definition) is 2. The highest BCUT2D eigenvalue weighted by Gasteiger charge is 2.75. The largest absolute Gasteiger partial charge is 0.481 e. The molecule has 5 rings (SSSR count). The number of aliphatic hydroxyl groups is 1. The van der Waals surface area contributed by atoms with Gasteiger partial charge in [-0.15, -0.1) is 6.58 Å². The van der Waals surface area contributed by atoms with E-state index in [1.54, 1.807) is 35.2 Å². The first-order valence-electron chi connectivity index (χ1n) is 12.6. The van der Waals surface area contributed by atoms with Crippen molar-refractivity contribution in [2.24, 2.45) is 11.8 Å². The molecule has 2 aromatic rings. The van der Waals surface area contributed by atoms with Crippen LogP contribution >= 0.6 is 0 Å². The third-order valence-corrected chi connectivity index (χ3v) is 8.18. The Labute approximate surface area is 216 Å². The monoisotopic (exact) mass is 504 g/mol. The molecule has 0 saturated carbocycles. The number of carboxylic acid groups (broad SMARTS) is 1. The van der Waals surface area contributed by atoms with Crippen molar-refractivity contribution in [2.75, 3.05) is 18.1 Å². The van der Waals surface area contributed by atoms with Crippen LogP contribution in [0.15, 0.2) is 61.2 Å². The van der Waals surface area contributed by atoms with Crippen LogP contribution in [-0.2, 0) is 19.1 Å². The van der Waals surface area contributed by atoms with E-state index in [1.165, 1.54) is 4.90 Å². The molecule has 8 heteroatoms. The number of hydrogen-bond acceptors (Lipinski definition) is 5. The number of benzene rings is 2. The molecule has 2 amide bonds. The minimum absolute atomic E-state index is 0.198. The van der Waals surface area contributed by atoms with Crippen molar-refractivity contribution in [3.8, 4) is 0 Å². The molecule has 0 aromatic heterocycles. The van der Waals surface area contributed by atoms with Gasteiger partial charge in [0.05, 0.1) is 30.6 Å². The van der Waals surface area contributed by atoms with E-state index >= 15 is 0 Å². The maximum Gasteiger partial charge on any atom is 0.310 e. The van der Waals surface area contributed by atoms with E-state index in [0.717, 1.165) is 11.1 Å². The summed E-state index contributed by atoms with van der Waals surface area (Å²) in [6.45, 7) is 7.47. The molecule has 6 atom stereocenters. The molecule has 3 heterocycles. The molecule has 8 nitrogen and oxygen atoms in total. The Bertz CT molecular complexity index is 1250. The Kier molecular flexibility index (Phi) is 6.41. The predicted molar refractivity (Wildman–Crippen MR) is 137 cm³/mol. The fourth-order valence-electron chi connectivity index (χ4n) is 6.61. The molecular formula is C29H32N2O6. The van der Waals surface area contributed by atoms with Gasteiger partial charge in [0.15, 0.2) is 0 Å². The van der Waals surface area contributed by atoms with Gasteiger partial charge in [0.1, 0.15) is 11.6 Å². The first kappa shape index (κ1) is 25.2. The van der Waals surface area contributed by atoms with Crippen LogP contribution < -0.4 is 4.90 Å². The van der Waals surface area contributed by atoms with Gasteiger partial charge in [0, 0.05) is 12.2 Å². The maximum atomic E-state index is 14.6. The molecule has 2 N–H and O–H groups in total. The van der Waals surface area contributed by atoms with Crippen molar-refractivity contribution in [3.05, 3.63) is 77.9 Å². The van der Waals surface area contributed by atoms with Crippen LogP contribution in [-0.4, -0.2) is 63.8 Å². The number of likely N-dealkylation sites (tertiary alicyclic amines) is 1. The van der Waals surface area contributed by atoms with E-state index in [0.29, 0.717) is 24.1 Å². The summed E-state index contributed by atoms with van der Waals surface area (Å²) in [6.07, 6.45) is 1.86. The molecular weight excluding hydrogens is 472 g/mol. The van der Waals surface area contributed by atoms with Crippen molar-refractivity contribution in [2.45, 2.75) is 50.5 Å². The quantitative estimate of drug-likeness (QED) is 0.535. The van der Waals surface area contributed by atoms with Crippen LogP contribution in [0, 0.1) is 25.7 Å². The van der Waals surface area contributed by atoms with E-state index in [-0.39, 0.29) is 12.5 Å². The Morgan fingerprint density at radius 1 is 1.24 bits per heavy atom. The highest BCUT2D eigenvalue weighted by atomic mass is 16.5. The zero-order valence-corrected chi connectivity index (χ0v) is 21.0. The average Bonchev–Trinajstić information content (AvgIpc) is 3.53. The number of rotatable bonds is 8. The summed E-state index contributed by atoms with van der Waals surface area (Å²) in [6, 6.07) is 12.9. The molecule has 37 heavy (non-hydrogen) atoms. The topological polar surface area (TPSA) is 107 Å². The van der Waals surface area contributed by atoms with Crippen molar-refractivity contribution >= 4 is 23.5 Å². The van der Waals surface area contributed by atoms with Gasteiger partial charge < -0.3 is 24.7 Å². The number of aliphatic carboxylic acids is 1. The summed E-state index contributed by atoms with van der Waals surface area (Å²) < 4.78 is 6.34. The summed E-state index contributed by atoms with van der Waals surface area (Å²) in [5.74, 6) is -3.97. The van der Waals surface area contributed by atoms with Crippen molar-refractivity contribution < 1.29 is 29.3 Å². The van der Waals surface area contributed by atoms with E-state index in [2.05, 4.69) is 6.58 Å². The van der Waals surface area contributed by atoms with Crippen LogP contribution in [0.25, 0.3) is 0 Å². The molecule has 3 aliphatic rings. The third-order valence-electron chi connectivity index (χ3n) is 8.18. The number of nitrogens with zero attached hydrogens (tertiary/aromatic N) is 2. The molecule has 1 spiro atoms. The van der Waals surface area contributed by atoms with Crippen LogP contribution in [0.2, 0.25) is 0 Å². The second-order valence-corrected chi connectivity index (χ2v) is 10.3. The molecule has 0 radical (unpaired) electrons. The number of ether oxygens (including phenoxy) is 1. The van der Waals surface area contributed by atoms with Crippen molar-refractivity contribution in [3.63, 3.8) is 0 Å². The number of anilines is 1. The zero-order chi connectivity index (χ0) is 26.5. The standard InChI is InChI=1S/C29H32N2O6/c1-4-14-30(20-15-17(2)10-11-18(20)3)27(34)25-29-13-12-22(37-29)23(28(35)36)24(29)26(33)31(25)21(16-32)19-8-6-5-7-9-19/h4-11,15,21-25,32H,1,12-14,16H2,2-3H3,(H,35,36)/t21-,22+,23-,24+,25?,29?/m1/s1. The summed E-state index contributed by atoms with van der Waals surface area (Å²) in [5.41, 5.74) is 1.93. The molecule has 0 aliphatic carbocycles. The highest BCUT2D eigenvalue weighted by Crippen LogP contribution is 2.60. The molecule has 3 fully saturated rings. The van der Waals surface area contributed by atoms with Crippen molar-refractivity contribution in [1.29, 1.82) is 0 Å². The van der Waals surface area contributed by atoms with E-state index < -0.39 is 54.1 Å². The first-order valence-corrected chi connectivity index (χ1v) is 12.6. The van der Waals surface area contributed by atoms with Gasteiger partial charge in [-0.25, -0.2) is 0 Å². The number of carbonyl (C=O) groups is 3. The molecule has 3 saturated heterocycles. The SMILES string of the molecule is C=CCN(C(=O)C1N([C@H](CO)c2ccccc2)C(=O)[C@@H]2[C@H](C(=O)O)[C@@H]3CCC12O3)c1cc(C)ccc1C. The first-order chi connectivity index (χ1) is 17.7. The number of aryl methyl sites for hydroxylation is 2. The molecule has 2 bridgehead atoms. The Balaban J connectivity index is 1.67. The summed E-state index contributed by atoms with van der Waals surface area (Å²) in [7, 11) is 0. The number of aliphatic hydroxyl groups excluding tert-OH is 1. The Morgan fingerprint density at radius 2 is 1.97 bits per heavy atom. The average molecular weight is 505 g/mol. The lowest BCUT2D eigenvalue weighted by Gasteiger charge is -2.39. The van der Waals surface area contributed by atoms with Gasteiger partial charge in [0.25, 0.3) is 5.91 Å². The van der Waals surface area contributed by atoms with Gasteiger partial charge in [-0.2, -0.15) is 0 Å². The van der Waals surface area contributed by atoms with Gasteiger partial charge in [-0.3, -0.25) is 14.4 Å². The van der Waals surface area contributed by atoms with Crippen LogP contribution in [0.1, 0.15) is 35.6 Å². The minimum Gasteiger partial charge on any atom is -0.481 e. The fourth-order valence-corrected chi connectivity index (χ4v) is 6.61. The summed E-state index contributed by atoms with van der Waals surface area (Å²) in [4.78, 5) is 44.0. The van der Waals surface area contributed by atoms with Gasteiger partial charge >= 0.3 is 5.97 Å². The third kappa shape index (κ3) is 3.78. The molecule has 2 unspecified atom stereocenters. The lowest BCUT2D eigenvalue weighted by molar-refractivity contribution is -0.151. The smallest absolute Gasteiger partial charge is 0.310 e. The number of fused-ring (bicyclic) bond motifs is 1. The molecule has 194 valence electrons. The molecule has 2 aromatic carbocycles. The van der Waals surface area contributed by atoms with Crippen LogP contribution in [0.4, 0.5) is 5.69 Å². The van der Waals surface area contributed by atoms with E-state index in [4.69, 9.17) is 4.74 Å². The predicted octanol–water partition coefficient (Wildman–Crippen LogP) is 3.02. The van der Waals surface area contributed by atoms with Crippen molar-refractivity contribution in [1.82, 2.24) is 4.90 Å². The van der Waals surface area contributed by atoms with Gasteiger partial charge in [-0.05, 0) is 49.4 Å². The van der Waals surface area contributed by atoms with E-state index in [9.17, 15) is 24.6 Å². The maximum absolute atomic E-state index is 14.6. The zero-order valence-electron chi connectivity index (χ0n) is 21.0. The number of amides is 2. The second kappa shape index (κ2) is 9.43. The lowest BCUT2D eigenvalue weighted by atomic mass is 9.70. The lowest BCUT2D eigenvalue weighted by Crippen LogP contribution is -2.57. The highest BCUT2D eigenvalue weighted by molar-refractivity contribution is 6.05. The second-order valence-electron chi connectivity index (χ2n) is 10.3. The number of carboxylic acids is 1. The van der Waals surface area contributed by atoms with E-state index in [1.807, 2.05) is 38.1 Å².